The van der Waals surface area contributed by atoms with Gasteiger partial charge in [0.05, 0.1) is 17.1 Å². The van der Waals surface area contributed by atoms with Gasteiger partial charge in [0.15, 0.2) is 0 Å². The molecule has 96 valence electrons. The molecule has 0 aliphatic carbocycles. The Morgan fingerprint density at radius 2 is 1.75 bits per heavy atom. The summed E-state index contributed by atoms with van der Waals surface area (Å²) >= 11 is 0. The zero-order chi connectivity index (χ0) is 13.9. The summed E-state index contributed by atoms with van der Waals surface area (Å²) < 4.78 is 0. The summed E-state index contributed by atoms with van der Waals surface area (Å²) in [7, 11) is 1.95. The topological polar surface area (TPSA) is 52.8 Å². The fraction of sp³-hybridized carbons (Fsp3) is 0.0625. The normalized spacial score (nSPS) is 10.2. The van der Waals surface area contributed by atoms with E-state index in [1.54, 1.807) is 18.5 Å². The SMILES string of the molecule is CN(c1ccc(C#N)cc1)c1ncnc2ccccc12. The number of hydrogen-bond acceptors (Lipinski definition) is 4. The van der Waals surface area contributed by atoms with E-state index in [4.69, 9.17) is 5.26 Å². The van der Waals surface area contributed by atoms with Crippen LogP contribution in [0, 0.1) is 11.3 Å². The molecule has 20 heavy (non-hydrogen) atoms. The quantitative estimate of drug-likeness (QED) is 0.709. The standard InChI is InChI=1S/C16H12N4/c1-20(13-8-6-12(10-17)7-9-13)16-14-4-2-3-5-15(14)18-11-19-16/h2-9,11H,1H3. The molecule has 3 rings (SSSR count). The van der Waals surface area contributed by atoms with E-state index in [1.165, 1.54) is 0 Å². The molecular formula is C16H12N4. The third-order valence-corrected chi connectivity index (χ3v) is 3.22. The van der Waals surface area contributed by atoms with E-state index in [-0.39, 0.29) is 0 Å². The molecule has 0 fully saturated rings. The zero-order valence-corrected chi connectivity index (χ0v) is 11.0. The first-order chi connectivity index (χ1) is 9.79. The minimum atomic E-state index is 0.648. The number of fused-ring (bicyclic) bond motifs is 1. The molecule has 3 aromatic rings. The van der Waals surface area contributed by atoms with Crippen molar-refractivity contribution >= 4 is 22.4 Å². The van der Waals surface area contributed by atoms with Gasteiger partial charge in [0.1, 0.15) is 12.1 Å². The van der Waals surface area contributed by atoms with Crippen LogP contribution in [-0.4, -0.2) is 17.0 Å². The van der Waals surface area contributed by atoms with Crippen molar-refractivity contribution in [2.45, 2.75) is 0 Å². The van der Waals surface area contributed by atoms with Gasteiger partial charge in [-0.15, -0.1) is 0 Å². The number of nitriles is 1. The van der Waals surface area contributed by atoms with E-state index in [0.29, 0.717) is 5.56 Å². The van der Waals surface area contributed by atoms with Crippen molar-refractivity contribution in [2.75, 3.05) is 11.9 Å². The molecule has 0 saturated carbocycles. The lowest BCUT2D eigenvalue weighted by molar-refractivity contribution is 1.11. The van der Waals surface area contributed by atoms with Crippen LogP contribution in [0.3, 0.4) is 0 Å². The fourth-order valence-electron chi connectivity index (χ4n) is 2.14. The van der Waals surface area contributed by atoms with Crippen LogP contribution in [-0.2, 0) is 0 Å². The Morgan fingerprint density at radius 3 is 2.50 bits per heavy atom. The highest BCUT2D eigenvalue weighted by Gasteiger charge is 2.09. The highest BCUT2D eigenvalue weighted by Crippen LogP contribution is 2.27. The maximum absolute atomic E-state index is 8.84. The highest BCUT2D eigenvalue weighted by molar-refractivity contribution is 5.91. The third-order valence-electron chi connectivity index (χ3n) is 3.22. The molecule has 0 amide bonds. The Morgan fingerprint density at radius 1 is 1.00 bits per heavy atom. The Hall–Kier alpha value is -2.93. The second-order valence-corrected chi connectivity index (χ2v) is 4.43. The van der Waals surface area contributed by atoms with E-state index >= 15 is 0 Å². The first-order valence-electron chi connectivity index (χ1n) is 6.23. The van der Waals surface area contributed by atoms with Gasteiger partial charge in [0.25, 0.3) is 0 Å². The van der Waals surface area contributed by atoms with Gasteiger partial charge < -0.3 is 4.90 Å². The summed E-state index contributed by atoms with van der Waals surface area (Å²) in [5.41, 5.74) is 2.54. The number of aromatic nitrogens is 2. The molecule has 4 heteroatoms. The predicted molar refractivity (Wildman–Crippen MR) is 78.8 cm³/mol. The second kappa shape index (κ2) is 4.98. The van der Waals surface area contributed by atoms with E-state index in [1.807, 2.05) is 48.3 Å². The molecule has 0 spiro atoms. The molecule has 0 aliphatic rings. The van der Waals surface area contributed by atoms with Crippen molar-refractivity contribution in [1.82, 2.24) is 9.97 Å². The van der Waals surface area contributed by atoms with Gasteiger partial charge in [-0.1, -0.05) is 12.1 Å². The van der Waals surface area contributed by atoms with Crippen LogP contribution >= 0.6 is 0 Å². The lowest BCUT2D eigenvalue weighted by Gasteiger charge is -2.19. The van der Waals surface area contributed by atoms with Crippen molar-refractivity contribution in [3.8, 4) is 6.07 Å². The molecule has 0 N–H and O–H groups in total. The predicted octanol–water partition coefficient (Wildman–Crippen LogP) is 3.27. The van der Waals surface area contributed by atoms with Crippen LogP contribution in [0.1, 0.15) is 5.56 Å². The van der Waals surface area contributed by atoms with Crippen molar-refractivity contribution in [3.05, 3.63) is 60.4 Å². The molecule has 0 saturated heterocycles. The number of nitrogens with zero attached hydrogens (tertiary/aromatic N) is 4. The Kier molecular flexibility index (Phi) is 3.02. The van der Waals surface area contributed by atoms with Gasteiger partial charge in [0, 0.05) is 18.1 Å². The fourth-order valence-corrected chi connectivity index (χ4v) is 2.14. The van der Waals surface area contributed by atoms with Crippen molar-refractivity contribution < 1.29 is 0 Å². The van der Waals surface area contributed by atoms with Gasteiger partial charge in [0.2, 0.25) is 0 Å². The van der Waals surface area contributed by atoms with Crippen LogP contribution in [0.25, 0.3) is 10.9 Å². The van der Waals surface area contributed by atoms with E-state index < -0.39 is 0 Å². The van der Waals surface area contributed by atoms with Crippen molar-refractivity contribution in [2.24, 2.45) is 0 Å². The van der Waals surface area contributed by atoms with Crippen LogP contribution in [0.5, 0.6) is 0 Å². The largest absolute Gasteiger partial charge is 0.329 e. The minimum absolute atomic E-state index is 0.648. The molecule has 0 atom stereocenters. The van der Waals surface area contributed by atoms with Gasteiger partial charge >= 0.3 is 0 Å². The lowest BCUT2D eigenvalue weighted by atomic mass is 10.2. The van der Waals surface area contributed by atoms with Gasteiger partial charge in [-0.25, -0.2) is 9.97 Å². The second-order valence-electron chi connectivity index (χ2n) is 4.43. The van der Waals surface area contributed by atoms with Crippen molar-refractivity contribution in [1.29, 1.82) is 5.26 Å². The van der Waals surface area contributed by atoms with Crippen LogP contribution in [0.4, 0.5) is 11.5 Å². The Bertz CT molecular complexity index is 782. The number of hydrogen-bond donors (Lipinski definition) is 0. The summed E-state index contributed by atoms with van der Waals surface area (Å²) in [5.74, 6) is 0.848. The molecule has 4 nitrogen and oxygen atoms in total. The van der Waals surface area contributed by atoms with E-state index in [2.05, 4.69) is 16.0 Å². The van der Waals surface area contributed by atoms with Crippen molar-refractivity contribution in [3.63, 3.8) is 0 Å². The Labute approximate surface area is 116 Å². The monoisotopic (exact) mass is 260 g/mol. The zero-order valence-electron chi connectivity index (χ0n) is 11.0. The van der Waals surface area contributed by atoms with Crippen LogP contribution in [0.15, 0.2) is 54.9 Å². The maximum atomic E-state index is 8.84. The van der Waals surface area contributed by atoms with Gasteiger partial charge in [-0.3, -0.25) is 0 Å². The highest BCUT2D eigenvalue weighted by atomic mass is 15.2. The Balaban J connectivity index is 2.08. The minimum Gasteiger partial charge on any atom is -0.329 e. The summed E-state index contributed by atoms with van der Waals surface area (Å²) in [6.45, 7) is 0. The molecule has 0 bridgehead atoms. The summed E-state index contributed by atoms with van der Waals surface area (Å²) in [6.07, 6.45) is 1.57. The maximum Gasteiger partial charge on any atom is 0.144 e. The summed E-state index contributed by atoms with van der Waals surface area (Å²) in [5, 5.41) is 9.84. The number of rotatable bonds is 2. The molecule has 0 aliphatic heterocycles. The van der Waals surface area contributed by atoms with Crippen LogP contribution < -0.4 is 4.90 Å². The average molecular weight is 260 g/mol. The number of benzene rings is 2. The molecule has 2 aromatic carbocycles. The average Bonchev–Trinajstić information content (AvgIpc) is 2.54. The number of anilines is 2. The first-order valence-corrected chi connectivity index (χ1v) is 6.23. The number of para-hydroxylation sites is 1. The summed E-state index contributed by atoms with van der Waals surface area (Å²) in [6, 6.07) is 17.4. The van der Waals surface area contributed by atoms with Gasteiger partial charge in [-0.05, 0) is 36.4 Å². The molecular weight excluding hydrogens is 248 g/mol. The van der Waals surface area contributed by atoms with E-state index in [9.17, 15) is 0 Å². The molecule has 1 aromatic heterocycles. The summed E-state index contributed by atoms with van der Waals surface area (Å²) in [4.78, 5) is 10.6. The first kappa shape index (κ1) is 12.1. The molecule has 1 heterocycles. The molecule has 0 radical (unpaired) electrons. The van der Waals surface area contributed by atoms with E-state index in [0.717, 1.165) is 22.4 Å². The lowest BCUT2D eigenvalue weighted by Crippen LogP contribution is -2.11. The van der Waals surface area contributed by atoms with Crippen LogP contribution in [0.2, 0.25) is 0 Å². The molecule has 0 unspecified atom stereocenters. The smallest absolute Gasteiger partial charge is 0.144 e. The van der Waals surface area contributed by atoms with Gasteiger partial charge in [-0.2, -0.15) is 5.26 Å². The third kappa shape index (κ3) is 2.06.